The first-order chi connectivity index (χ1) is 18.2. The Morgan fingerprint density at radius 2 is 1.89 bits per heavy atom. The van der Waals surface area contributed by atoms with Gasteiger partial charge in [-0.15, -0.1) is 23.1 Å². The molecule has 2 N–H and O–H groups in total. The van der Waals surface area contributed by atoms with Gasteiger partial charge in [0.1, 0.15) is 11.1 Å². The van der Waals surface area contributed by atoms with E-state index in [1.54, 1.807) is 11.3 Å². The number of carbonyl (C=O) groups is 2. The van der Waals surface area contributed by atoms with Crippen LogP contribution in [-0.2, 0) is 28.9 Å². The van der Waals surface area contributed by atoms with E-state index < -0.39 is 0 Å². The number of rotatable bonds is 8. The van der Waals surface area contributed by atoms with Crippen molar-refractivity contribution in [2.45, 2.75) is 69.9 Å². The fraction of sp³-hybridized carbons (Fsp3) is 0.387. The molecule has 0 saturated heterocycles. The van der Waals surface area contributed by atoms with Crippen molar-refractivity contribution in [2.75, 3.05) is 10.6 Å². The second-order valence-electron chi connectivity index (χ2n) is 10.9. The smallest absolute Gasteiger partial charge is 0.238 e. The summed E-state index contributed by atoms with van der Waals surface area (Å²) in [5.74, 6) is 0.393. The van der Waals surface area contributed by atoms with Gasteiger partial charge in [0, 0.05) is 15.5 Å². The summed E-state index contributed by atoms with van der Waals surface area (Å²) in [5, 5.41) is 16.3. The molecule has 0 spiro atoms. The van der Waals surface area contributed by atoms with E-state index >= 15 is 0 Å². The predicted octanol–water partition coefficient (Wildman–Crippen LogP) is 7.46. The Morgan fingerprint density at radius 3 is 2.58 bits per heavy atom. The SMILES string of the molecule is CCC(Sc1cccc(NC(=O)Cc2ccccc2)c1)C(=O)Nc1sc2c(c1C#N)CCC(C(C)(C)C)C2. The molecule has 0 saturated carbocycles. The lowest BCUT2D eigenvalue weighted by Crippen LogP contribution is -2.26. The van der Waals surface area contributed by atoms with Crippen LogP contribution in [0.15, 0.2) is 59.5 Å². The quantitative estimate of drug-likeness (QED) is 0.288. The van der Waals surface area contributed by atoms with Crippen LogP contribution >= 0.6 is 23.1 Å². The first kappa shape index (κ1) is 27.9. The molecule has 0 fully saturated rings. The van der Waals surface area contributed by atoms with Crippen LogP contribution in [0.5, 0.6) is 0 Å². The third-order valence-electron chi connectivity index (χ3n) is 7.11. The number of benzene rings is 2. The lowest BCUT2D eigenvalue weighted by Gasteiger charge is -2.33. The molecule has 2 atom stereocenters. The number of amides is 2. The summed E-state index contributed by atoms with van der Waals surface area (Å²) >= 11 is 3.04. The van der Waals surface area contributed by atoms with Crippen molar-refractivity contribution in [2.24, 2.45) is 11.3 Å². The molecular weight excluding hydrogens is 510 g/mol. The van der Waals surface area contributed by atoms with Gasteiger partial charge < -0.3 is 10.6 Å². The van der Waals surface area contributed by atoms with E-state index in [0.29, 0.717) is 35.0 Å². The van der Waals surface area contributed by atoms with Crippen molar-refractivity contribution >= 4 is 45.6 Å². The Bertz CT molecular complexity index is 1340. The zero-order valence-corrected chi connectivity index (χ0v) is 24.1. The van der Waals surface area contributed by atoms with Crippen molar-refractivity contribution in [1.82, 2.24) is 0 Å². The second kappa shape index (κ2) is 12.2. The number of nitriles is 1. The molecule has 0 aliphatic heterocycles. The van der Waals surface area contributed by atoms with Gasteiger partial charge in [-0.2, -0.15) is 5.26 Å². The lowest BCUT2D eigenvalue weighted by atomic mass is 9.72. The molecule has 7 heteroatoms. The molecule has 1 aliphatic rings. The summed E-state index contributed by atoms with van der Waals surface area (Å²) in [6.45, 7) is 8.81. The fourth-order valence-corrected chi connectivity index (χ4v) is 7.14. The predicted molar refractivity (Wildman–Crippen MR) is 158 cm³/mol. The first-order valence-corrected chi connectivity index (χ1v) is 14.8. The van der Waals surface area contributed by atoms with Crippen molar-refractivity contribution in [3.63, 3.8) is 0 Å². The average Bonchev–Trinajstić information content (AvgIpc) is 3.23. The largest absolute Gasteiger partial charge is 0.326 e. The van der Waals surface area contributed by atoms with E-state index in [1.165, 1.54) is 16.6 Å². The maximum atomic E-state index is 13.3. The summed E-state index contributed by atoms with van der Waals surface area (Å²) in [7, 11) is 0. The van der Waals surface area contributed by atoms with Crippen LogP contribution in [0.25, 0.3) is 0 Å². The number of hydrogen-bond donors (Lipinski definition) is 2. The summed E-state index contributed by atoms with van der Waals surface area (Å²) in [6, 6.07) is 19.6. The van der Waals surface area contributed by atoms with Crippen LogP contribution in [0.4, 0.5) is 10.7 Å². The average molecular weight is 546 g/mol. The second-order valence-corrected chi connectivity index (χ2v) is 13.2. The summed E-state index contributed by atoms with van der Waals surface area (Å²) in [6.07, 6.45) is 3.87. The molecule has 1 aromatic heterocycles. The lowest BCUT2D eigenvalue weighted by molar-refractivity contribution is -0.116. The zero-order valence-electron chi connectivity index (χ0n) is 22.5. The highest BCUT2D eigenvalue weighted by Gasteiger charge is 2.33. The van der Waals surface area contributed by atoms with Crippen LogP contribution in [0.1, 0.15) is 62.1 Å². The molecule has 3 aromatic rings. The molecule has 0 bridgehead atoms. The van der Waals surface area contributed by atoms with E-state index in [1.807, 2.05) is 61.5 Å². The maximum absolute atomic E-state index is 13.3. The third kappa shape index (κ3) is 6.86. The molecule has 5 nitrogen and oxygen atoms in total. The van der Waals surface area contributed by atoms with Gasteiger partial charge in [0.15, 0.2) is 0 Å². The Labute approximate surface area is 234 Å². The van der Waals surface area contributed by atoms with Crippen LogP contribution in [-0.4, -0.2) is 17.1 Å². The topological polar surface area (TPSA) is 82.0 Å². The van der Waals surface area contributed by atoms with Crippen molar-refractivity contribution in [3.8, 4) is 6.07 Å². The minimum Gasteiger partial charge on any atom is -0.326 e. The Morgan fingerprint density at radius 1 is 1.13 bits per heavy atom. The van der Waals surface area contributed by atoms with Gasteiger partial charge in [0.25, 0.3) is 0 Å². The zero-order chi connectivity index (χ0) is 27.3. The Hall–Kier alpha value is -3.08. The van der Waals surface area contributed by atoms with Crippen LogP contribution < -0.4 is 10.6 Å². The van der Waals surface area contributed by atoms with Gasteiger partial charge in [-0.25, -0.2) is 0 Å². The number of fused-ring (bicyclic) bond motifs is 1. The molecule has 38 heavy (non-hydrogen) atoms. The molecular formula is C31H35N3O2S2. The van der Waals surface area contributed by atoms with Gasteiger partial charge >= 0.3 is 0 Å². The van der Waals surface area contributed by atoms with E-state index in [9.17, 15) is 14.9 Å². The highest BCUT2D eigenvalue weighted by Crippen LogP contribution is 2.44. The van der Waals surface area contributed by atoms with Crippen molar-refractivity contribution in [3.05, 3.63) is 76.2 Å². The molecule has 2 aromatic carbocycles. The number of nitrogens with one attached hydrogen (secondary N) is 2. The summed E-state index contributed by atoms with van der Waals surface area (Å²) in [4.78, 5) is 28.0. The van der Waals surface area contributed by atoms with Crippen molar-refractivity contribution in [1.29, 1.82) is 5.26 Å². The summed E-state index contributed by atoms with van der Waals surface area (Å²) in [5.41, 5.74) is 3.63. The summed E-state index contributed by atoms with van der Waals surface area (Å²) < 4.78 is 0. The third-order valence-corrected chi connectivity index (χ3v) is 9.63. The first-order valence-electron chi connectivity index (χ1n) is 13.1. The standard InChI is InChI=1S/C31H35N3O2S2/c1-5-26(37-23-13-9-12-22(18-23)33-28(35)16-20-10-7-6-8-11-20)29(36)34-30-25(19-32)24-15-14-21(31(2,3)4)17-27(24)38-30/h6-13,18,21,26H,5,14-17H2,1-4H3,(H,33,35)(H,34,36). The molecule has 198 valence electrons. The normalized spacial score (nSPS) is 15.7. The minimum absolute atomic E-state index is 0.0810. The molecule has 1 heterocycles. The van der Waals surface area contributed by atoms with E-state index in [-0.39, 0.29) is 22.5 Å². The van der Waals surface area contributed by atoms with Crippen LogP contribution in [0, 0.1) is 22.7 Å². The van der Waals surface area contributed by atoms with Gasteiger partial charge in [-0.1, -0.05) is 64.1 Å². The molecule has 0 radical (unpaired) electrons. The molecule has 4 rings (SSSR count). The Balaban J connectivity index is 1.42. The van der Waals surface area contributed by atoms with Gasteiger partial charge in [0.2, 0.25) is 11.8 Å². The van der Waals surface area contributed by atoms with Gasteiger partial charge in [-0.3, -0.25) is 9.59 Å². The minimum atomic E-state index is -0.321. The van der Waals surface area contributed by atoms with E-state index in [4.69, 9.17) is 0 Å². The fourth-order valence-electron chi connectivity index (χ4n) is 4.84. The number of thiophene rings is 1. The maximum Gasteiger partial charge on any atom is 0.238 e. The Kier molecular flexibility index (Phi) is 8.96. The van der Waals surface area contributed by atoms with E-state index in [2.05, 4.69) is 37.5 Å². The molecule has 1 aliphatic carbocycles. The van der Waals surface area contributed by atoms with Crippen molar-refractivity contribution < 1.29 is 9.59 Å². The number of thioether (sulfide) groups is 1. The number of nitrogens with zero attached hydrogens (tertiary/aromatic N) is 1. The van der Waals surface area contributed by atoms with E-state index in [0.717, 1.165) is 35.3 Å². The molecule has 2 unspecified atom stereocenters. The number of carbonyl (C=O) groups excluding carboxylic acids is 2. The molecule has 2 amide bonds. The van der Waals surface area contributed by atoms with Crippen LogP contribution in [0.2, 0.25) is 0 Å². The monoisotopic (exact) mass is 545 g/mol. The van der Waals surface area contributed by atoms with Crippen LogP contribution in [0.3, 0.4) is 0 Å². The van der Waals surface area contributed by atoms with Gasteiger partial charge in [-0.05, 0) is 66.3 Å². The number of hydrogen-bond acceptors (Lipinski definition) is 5. The highest BCUT2D eigenvalue weighted by molar-refractivity contribution is 8.00. The van der Waals surface area contributed by atoms with Gasteiger partial charge in [0.05, 0.1) is 17.2 Å². The number of anilines is 2. The highest BCUT2D eigenvalue weighted by atomic mass is 32.2.